The van der Waals surface area contributed by atoms with Crippen molar-refractivity contribution in [1.82, 2.24) is 46.5 Å². The first-order valence-corrected chi connectivity index (χ1v) is 31.2. The number of piperidine rings is 3. The number of rotatable bonds is 10. The molecule has 8 amide bonds. The molecule has 3 saturated heterocycles. The molecular formula is C71H103N9O12Y4-8. The van der Waals surface area contributed by atoms with Crippen LogP contribution in [0.1, 0.15) is 251 Å². The molecule has 4 fully saturated rings. The van der Waals surface area contributed by atoms with Gasteiger partial charge in [-0.25, -0.2) is 0 Å². The molecular weight excluding hydrogens is 1530 g/mol. The van der Waals surface area contributed by atoms with Gasteiger partial charge in [-0.2, -0.15) is 132 Å². The second-order valence-electron chi connectivity index (χ2n) is 21.4. The van der Waals surface area contributed by atoms with Gasteiger partial charge in [0, 0.05) is 193 Å². The molecule has 21 nitrogen and oxygen atoms in total. The summed E-state index contributed by atoms with van der Waals surface area (Å²) in [4.78, 5) is 152. The molecule has 0 spiro atoms. The molecule has 1 aliphatic carbocycles. The van der Waals surface area contributed by atoms with E-state index in [-0.39, 0.29) is 233 Å². The molecule has 5 N–H and O–H groups in total. The van der Waals surface area contributed by atoms with E-state index >= 15 is 0 Å². The number of carbonyl (C=O) groups excluding carboxylic acids is 12. The Bertz CT molecular complexity index is 2380. The van der Waals surface area contributed by atoms with Crippen molar-refractivity contribution in [2.24, 2.45) is 11.8 Å². The molecule has 0 bridgehead atoms. The first-order chi connectivity index (χ1) is 43.6. The van der Waals surface area contributed by atoms with E-state index in [2.05, 4.69) is 154 Å². The topological polar surface area (TPSA) is 317 Å². The first-order valence-electron chi connectivity index (χ1n) is 31.2. The van der Waals surface area contributed by atoms with Crippen molar-refractivity contribution in [3.8, 4) is 0 Å². The van der Waals surface area contributed by atoms with E-state index in [1.165, 1.54) is 54.3 Å². The zero-order chi connectivity index (χ0) is 71.3. The molecule has 3 aliphatic heterocycles. The van der Waals surface area contributed by atoms with Gasteiger partial charge < -0.3 is 63.8 Å². The normalized spacial score (nSPS) is 15.8. The Labute approximate surface area is 674 Å². The van der Waals surface area contributed by atoms with Crippen molar-refractivity contribution in [3.63, 3.8) is 0 Å². The molecule has 1 saturated carbocycles. The van der Waals surface area contributed by atoms with Crippen LogP contribution in [0.25, 0.3) is 0 Å². The van der Waals surface area contributed by atoms with Crippen LogP contribution in [-0.4, -0.2) is 102 Å². The Hall–Kier alpha value is -3.94. The fourth-order valence-corrected chi connectivity index (χ4v) is 6.72. The van der Waals surface area contributed by atoms with E-state index in [9.17, 15) is 57.5 Å². The maximum absolute atomic E-state index is 11.8. The molecule has 4 atom stereocenters. The van der Waals surface area contributed by atoms with Crippen molar-refractivity contribution >= 4 is 70.4 Å². The molecule has 0 aromatic carbocycles. The van der Waals surface area contributed by atoms with Crippen LogP contribution in [0.5, 0.6) is 0 Å². The molecule has 25 heteroatoms. The Morgan fingerprint density at radius 1 is 0.448 bits per heavy atom. The van der Waals surface area contributed by atoms with Crippen molar-refractivity contribution in [1.29, 1.82) is 0 Å². The number of ketones is 4. The largest absolute Gasteiger partial charge is 0.383 e. The minimum absolute atomic E-state index is 0. The molecule has 7 heterocycles. The third kappa shape index (κ3) is 56.9. The average Bonchev–Trinajstić information content (AvgIpc) is 1.79. The minimum atomic E-state index is -0.679. The van der Waals surface area contributed by atoms with Gasteiger partial charge in [-0.05, 0) is 37.1 Å². The van der Waals surface area contributed by atoms with Crippen molar-refractivity contribution < 1.29 is 188 Å². The number of nitrogens with one attached hydrogen (secondary N) is 5. The van der Waals surface area contributed by atoms with Crippen LogP contribution in [0.3, 0.4) is 0 Å². The van der Waals surface area contributed by atoms with Crippen LogP contribution in [0, 0.1) is 60.0 Å². The predicted molar refractivity (Wildman–Crippen MR) is 357 cm³/mol. The van der Waals surface area contributed by atoms with Crippen molar-refractivity contribution in [2.45, 2.75) is 221 Å². The smallest absolute Gasteiger partial charge is 0.249 e. The molecule has 4 unspecified atom stereocenters. The summed E-state index contributed by atoms with van der Waals surface area (Å²) in [5, 5.41) is 11.6. The Morgan fingerprint density at radius 3 is 1.12 bits per heavy atom. The van der Waals surface area contributed by atoms with E-state index in [0.29, 0.717) is 43.5 Å². The summed E-state index contributed by atoms with van der Waals surface area (Å²) in [5.74, 6) is 1.31. The predicted octanol–water partition coefficient (Wildman–Crippen LogP) is 11.3. The first kappa shape index (κ1) is 108. The second-order valence-corrected chi connectivity index (χ2v) is 21.4. The summed E-state index contributed by atoms with van der Waals surface area (Å²) in [6.45, 7) is 41.0. The number of amides is 8. The summed E-state index contributed by atoms with van der Waals surface area (Å²) < 4.78 is 0. The number of Topliss-reactive ketones (excluding diaryl/α,β-unsaturated/α-hetero) is 4. The van der Waals surface area contributed by atoms with Gasteiger partial charge in [0.2, 0.25) is 47.3 Å². The Kier molecular flexibility index (Phi) is 76.7. The van der Waals surface area contributed by atoms with Crippen LogP contribution >= 0.6 is 0 Å². The number of hydrogen-bond acceptors (Lipinski definition) is 16. The second kappa shape index (κ2) is 68.2. The van der Waals surface area contributed by atoms with Gasteiger partial charge in [-0.15, -0.1) is 24.3 Å². The van der Waals surface area contributed by atoms with Gasteiger partial charge in [0.1, 0.15) is 35.2 Å². The van der Waals surface area contributed by atoms with Crippen LogP contribution in [-0.2, 0) is 169 Å². The number of pyridine rings is 4. The Morgan fingerprint density at radius 2 is 0.781 bits per heavy atom. The van der Waals surface area contributed by atoms with Gasteiger partial charge in [0.15, 0.2) is 0 Å². The number of hydrogen-bond donors (Lipinski definition) is 5. The SMILES string of the molecule is CC.CC.CC.CC.C[C-](C)C.C[C-](C)C.C[C-](C)C.C[C-](C)C.O=C1CCC(CC(=O)c2c[c-]ccn2)C(=O)N1.O=C1CCC(CC(=O)c2ccc[c-]n2)C(=O)C1.O=C1CCC(NC(=O)c2c[c-]ccn2)C(=O)N1.O=C1CCC(NC(=O)c2ccc[c-]n2)C(=O)N1.[Y].[Y].[Y].[Y]. The van der Waals surface area contributed by atoms with Crippen LogP contribution in [0.2, 0.25) is 0 Å². The minimum Gasteiger partial charge on any atom is -0.383 e. The van der Waals surface area contributed by atoms with Crippen molar-refractivity contribution in [2.75, 3.05) is 0 Å². The molecule has 96 heavy (non-hydrogen) atoms. The summed E-state index contributed by atoms with van der Waals surface area (Å²) in [7, 11) is 0. The average molecular weight is 1630 g/mol. The van der Waals surface area contributed by atoms with Gasteiger partial charge in [0.25, 0.3) is 0 Å². The standard InChI is InChI=1S/C13H12NO3.C12H11N2O3.2C11H10N3O3.4C4H9.4C2H6.4Y/c15-10-5-4-9(12(16)8-10)7-13(17)11-3-1-2-6-14-11;15-10(9-3-1-2-6-13-9)7-8-4-5-11(16)14-12(8)17;2*15-9-5-4-8(11(17)14-9)13-10(16)7-3-1-2-6-12-7;4*1-4(2)3;4*1-2;;;;/h1-3,9H,4-5,7-8H2;2-3,6,8H,4-5,7H2,(H,14,16,17);2-3,6,8H,4-5H2,(H,13,16)(H,14,15,17);1-3,8H,4-5H2,(H,13,16)(H,14,15,17);4*1-3H3;4*1-2H3;;;;/q8*-1;;;;;;;;. The Balaban J connectivity index is -0.000000159. The fraction of sp³-hybridized carbons (Fsp3) is 0.493. The van der Waals surface area contributed by atoms with Gasteiger partial charge in [-0.3, -0.25) is 63.9 Å². The van der Waals surface area contributed by atoms with E-state index < -0.39 is 41.6 Å². The number of carbonyl (C=O) groups is 12. The van der Waals surface area contributed by atoms with Crippen LogP contribution in [0.15, 0.2) is 73.1 Å². The molecule has 524 valence electrons. The molecule has 8 rings (SSSR count). The molecule has 4 aliphatic rings. The van der Waals surface area contributed by atoms with Gasteiger partial charge >= 0.3 is 0 Å². The van der Waals surface area contributed by atoms with Gasteiger partial charge in [-0.1, -0.05) is 80.2 Å². The maximum atomic E-state index is 11.8. The van der Waals surface area contributed by atoms with E-state index in [1.807, 2.05) is 55.4 Å². The zero-order valence-electron chi connectivity index (χ0n) is 60.5. The molecule has 4 aromatic rings. The number of aromatic nitrogens is 4. The third-order valence-electron chi connectivity index (χ3n) is 10.4. The van der Waals surface area contributed by atoms with E-state index in [0.717, 1.165) is 0 Å². The molecule has 4 aromatic heterocycles. The monoisotopic (exact) mass is 1630 g/mol. The van der Waals surface area contributed by atoms with E-state index in [1.54, 1.807) is 42.5 Å². The fourth-order valence-electron chi connectivity index (χ4n) is 6.72. The van der Waals surface area contributed by atoms with Crippen LogP contribution in [0.4, 0.5) is 0 Å². The summed E-state index contributed by atoms with van der Waals surface area (Å²) >= 11 is 0. The van der Waals surface area contributed by atoms with Crippen molar-refractivity contribution in [3.05, 3.63) is 144 Å². The quantitative estimate of drug-likeness (QED) is 0.0426. The number of imide groups is 3. The summed E-state index contributed by atoms with van der Waals surface area (Å²) in [5.41, 5.74) is 1.02. The summed E-state index contributed by atoms with van der Waals surface area (Å²) in [6.07, 6.45) is 10.9. The maximum Gasteiger partial charge on any atom is 0.249 e. The zero-order valence-corrected chi connectivity index (χ0v) is 71.9. The summed E-state index contributed by atoms with van der Waals surface area (Å²) in [6, 6.07) is 19.9. The number of nitrogens with zero attached hydrogens (tertiary/aromatic N) is 4. The van der Waals surface area contributed by atoms with Crippen LogP contribution < -0.4 is 26.6 Å². The molecule has 4 radical (unpaired) electrons. The van der Waals surface area contributed by atoms with Gasteiger partial charge in [0.05, 0.1) is 6.42 Å². The third-order valence-corrected chi connectivity index (χ3v) is 10.4. The van der Waals surface area contributed by atoms with E-state index in [4.69, 9.17) is 0 Å².